The first-order chi connectivity index (χ1) is 8.54. The van der Waals surface area contributed by atoms with Crippen LogP contribution >= 0.6 is 23.2 Å². The molecule has 2 nitrogen and oxygen atoms in total. The van der Waals surface area contributed by atoms with Crippen molar-refractivity contribution in [3.8, 4) is 0 Å². The molecule has 1 aromatic carbocycles. The van der Waals surface area contributed by atoms with Crippen molar-refractivity contribution in [3.63, 3.8) is 0 Å². The van der Waals surface area contributed by atoms with E-state index in [-0.39, 0.29) is 6.04 Å². The molecule has 1 aliphatic rings. The van der Waals surface area contributed by atoms with E-state index in [0.29, 0.717) is 16.6 Å². The summed E-state index contributed by atoms with van der Waals surface area (Å²) in [4.78, 5) is 0. The Morgan fingerprint density at radius 2 is 2.11 bits per heavy atom. The molecule has 2 rings (SSSR count). The number of hydrogen-bond donors (Lipinski definition) is 2. The molecule has 1 aliphatic carbocycles. The van der Waals surface area contributed by atoms with Crippen LogP contribution in [0.2, 0.25) is 10.0 Å². The fourth-order valence-electron chi connectivity index (χ4n) is 2.33. The predicted octanol–water partition coefficient (Wildman–Crippen LogP) is 3.95. The average molecular weight is 288 g/mol. The van der Waals surface area contributed by atoms with E-state index in [1.54, 1.807) is 6.07 Å². The third kappa shape index (κ3) is 3.18. The summed E-state index contributed by atoms with van der Waals surface area (Å²) >= 11 is 12.1. The second kappa shape index (κ2) is 5.79. The monoisotopic (exact) mass is 287 g/mol. The number of hydrogen-bond acceptors (Lipinski definition) is 2. The largest absolute Gasteiger partial charge is 0.389 e. The third-order valence-electron chi connectivity index (χ3n) is 3.71. The summed E-state index contributed by atoms with van der Waals surface area (Å²) in [5.74, 6) is 0. The molecule has 0 aromatic heterocycles. The maximum atomic E-state index is 10.1. The van der Waals surface area contributed by atoms with Crippen LogP contribution in [0.25, 0.3) is 0 Å². The second-order valence-electron chi connectivity index (χ2n) is 5.09. The molecular weight excluding hydrogens is 269 g/mol. The summed E-state index contributed by atoms with van der Waals surface area (Å²) in [7, 11) is 0. The number of benzene rings is 1. The highest BCUT2D eigenvalue weighted by atomic mass is 35.5. The summed E-state index contributed by atoms with van der Waals surface area (Å²) in [6.45, 7) is 2.73. The highest BCUT2D eigenvalue weighted by Crippen LogP contribution is 2.33. The van der Waals surface area contributed by atoms with Crippen LogP contribution in [0.3, 0.4) is 0 Å². The van der Waals surface area contributed by atoms with Crippen molar-refractivity contribution < 1.29 is 5.11 Å². The standard InChI is InChI=1S/C14H19Cl2NO/c1-2-13(17-9-14(18)6-3-7-14)11-5-4-10(15)8-12(11)16/h4-5,8,13,17-18H,2-3,6-7,9H2,1H3. The lowest BCUT2D eigenvalue weighted by molar-refractivity contribution is -0.0333. The van der Waals surface area contributed by atoms with Gasteiger partial charge < -0.3 is 10.4 Å². The Kier molecular flexibility index (Phi) is 4.54. The second-order valence-corrected chi connectivity index (χ2v) is 5.93. The number of aliphatic hydroxyl groups is 1. The Hall–Kier alpha value is -0.280. The van der Waals surface area contributed by atoms with Gasteiger partial charge in [0.05, 0.1) is 5.60 Å². The molecule has 0 spiro atoms. The van der Waals surface area contributed by atoms with Gasteiger partial charge in [-0.3, -0.25) is 0 Å². The minimum absolute atomic E-state index is 0.166. The Bertz CT molecular complexity index is 418. The zero-order chi connectivity index (χ0) is 13.2. The van der Waals surface area contributed by atoms with Crippen LogP contribution in [0, 0.1) is 0 Å². The quantitative estimate of drug-likeness (QED) is 0.860. The summed E-state index contributed by atoms with van der Waals surface area (Å²) in [5.41, 5.74) is 0.540. The van der Waals surface area contributed by atoms with Gasteiger partial charge in [-0.05, 0) is 43.4 Å². The normalized spacial score (nSPS) is 19.3. The van der Waals surface area contributed by atoms with Crippen LogP contribution in [-0.4, -0.2) is 17.3 Å². The smallest absolute Gasteiger partial charge is 0.0771 e. The summed E-state index contributed by atoms with van der Waals surface area (Å²) in [5, 5.41) is 14.8. The van der Waals surface area contributed by atoms with Crippen LogP contribution in [0.4, 0.5) is 0 Å². The molecule has 100 valence electrons. The SMILES string of the molecule is CCC(NCC1(O)CCC1)c1ccc(Cl)cc1Cl. The van der Waals surface area contributed by atoms with Crippen molar-refractivity contribution in [1.82, 2.24) is 5.32 Å². The molecule has 0 aliphatic heterocycles. The molecule has 2 N–H and O–H groups in total. The van der Waals surface area contributed by atoms with Gasteiger partial charge in [0.2, 0.25) is 0 Å². The molecule has 0 saturated heterocycles. The first kappa shape index (κ1) is 14.1. The van der Waals surface area contributed by atoms with E-state index in [0.717, 1.165) is 31.2 Å². The van der Waals surface area contributed by atoms with E-state index in [1.165, 1.54) is 0 Å². The van der Waals surface area contributed by atoms with Crippen molar-refractivity contribution >= 4 is 23.2 Å². The van der Waals surface area contributed by atoms with E-state index >= 15 is 0 Å². The summed E-state index contributed by atoms with van der Waals surface area (Å²) in [6, 6.07) is 5.74. The molecule has 1 fully saturated rings. The number of rotatable bonds is 5. The minimum atomic E-state index is -0.508. The summed E-state index contributed by atoms with van der Waals surface area (Å²) < 4.78 is 0. The minimum Gasteiger partial charge on any atom is -0.389 e. The highest BCUT2D eigenvalue weighted by molar-refractivity contribution is 6.35. The topological polar surface area (TPSA) is 32.3 Å². The van der Waals surface area contributed by atoms with Gasteiger partial charge in [0.1, 0.15) is 0 Å². The van der Waals surface area contributed by atoms with Crippen molar-refractivity contribution in [2.75, 3.05) is 6.54 Å². The maximum absolute atomic E-state index is 10.1. The van der Waals surface area contributed by atoms with Gasteiger partial charge in [0.25, 0.3) is 0 Å². The Morgan fingerprint density at radius 3 is 2.61 bits per heavy atom. The average Bonchev–Trinajstić information content (AvgIpc) is 2.29. The molecular formula is C14H19Cl2NO. The van der Waals surface area contributed by atoms with E-state index in [1.807, 2.05) is 12.1 Å². The van der Waals surface area contributed by atoms with Crippen LogP contribution < -0.4 is 5.32 Å². The third-order valence-corrected chi connectivity index (χ3v) is 4.27. The van der Waals surface area contributed by atoms with Crippen LogP contribution in [0.15, 0.2) is 18.2 Å². The molecule has 4 heteroatoms. The molecule has 0 bridgehead atoms. The Morgan fingerprint density at radius 1 is 1.39 bits per heavy atom. The molecule has 0 amide bonds. The van der Waals surface area contributed by atoms with Gasteiger partial charge >= 0.3 is 0 Å². The van der Waals surface area contributed by atoms with Crippen molar-refractivity contribution in [1.29, 1.82) is 0 Å². The lowest BCUT2D eigenvalue weighted by atomic mass is 9.80. The van der Waals surface area contributed by atoms with Crippen LogP contribution in [0.1, 0.15) is 44.2 Å². The maximum Gasteiger partial charge on any atom is 0.0771 e. The first-order valence-corrected chi connectivity index (χ1v) is 7.20. The number of nitrogens with one attached hydrogen (secondary N) is 1. The van der Waals surface area contributed by atoms with Crippen molar-refractivity contribution in [2.24, 2.45) is 0 Å². The zero-order valence-corrected chi connectivity index (χ0v) is 12.1. The Balaban J connectivity index is 2.03. The Labute approximate surface area is 118 Å². The first-order valence-electron chi connectivity index (χ1n) is 6.45. The fourth-order valence-corrected chi connectivity index (χ4v) is 2.87. The van der Waals surface area contributed by atoms with E-state index in [4.69, 9.17) is 23.2 Å². The van der Waals surface area contributed by atoms with E-state index in [9.17, 15) is 5.11 Å². The molecule has 0 heterocycles. The van der Waals surface area contributed by atoms with Crippen LogP contribution in [0.5, 0.6) is 0 Å². The van der Waals surface area contributed by atoms with Crippen LogP contribution in [-0.2, 0) is 0 Å². The van der Waals surface area contributed by atoms with Gasteiger partial charge in [0, 0.05) is 22.6 Å². The van der Waals surface area contributed by atoms with Crippen molar-refractivity contribution in [2.45, 2.75) is 44.2 Å². The number of halogens is 2. The van der Waals surface area contributed by atoms with Gasteiger partial charge in [-0.1, -0.05) is 36.2 Å². The molecule has 18 heavy (non-hydrogen) atoms. The molecule has 1 unspecified atom stereocenters. The van der Waals surface area contributed by atoms with Gasteiger partial charge in [-0.25, -0.2) is 0 Å². The van der Waals surface area contributed by atoms with E-state index in [2.05, 4.69) is 12.2 Å². The fraction of sp³-hybridized carbons (Fsp3) is 0.571. The zero-order valence-electron chi connectivity index (χ0n) is 10.5. The van der Waals surface area contributed by atoms with Gasteiger partial charge in [0.15, 0.2) is 0 Å². The lowest BCUT2D eigenvalue weighted by Crippen LogP contribution is -2.47. The van der Waals surface area contributed by atoms with Crippen molar-refractivity contribution in [3.05, 3.63) is 33.8 Å². The molecule has 1 saturated carbocycles. The molecule has 1 atom stereocenters. The highest BCUT2D eigenvalue weighted by Gasteiger charge is 2.34. The molecule has 1 aromatic rings. The van der Waals surface area contributed by atoms with Gasteiger partial charge in [-0.15, -0.1) is 0 Å². The van der Waals surface area contributed by atoms with Gasteiger partial charge in [-0.2, -0.15) is 0 Å². The predicted molar refractivity (Wildman–Crippen MR) is 76.3 cm³/mol. The van der Waals surface area contributed by atoms with E-state index < -0.39 is 5.60 Å². The lowest BCUT2D eigenvalue weighted by Gasteiger charge is -2.38. The molecule has 0 radical (unpaired) electrons. The summed E-state index contributed by atoms with van der Waals surface area (Å²) in [6.07, 6.45) is 3.84.